The quantitative estimate of drug-likeness (QED) is 0.479. The number of nitrogens with one attached hydrogen (secondary N) is 2. The lowest BCUT2D eigenvalue weighted by molar-refractivity contribution is 0.812. The second kappa shape index (κ2) is 9.11. The average molecular weight is 286 g/mol. The molecule has 0 heterocycles. The highest BCUT2D eigenvalue weighted by Gasteiger charge is 2.00. The molecular weight excluding hydrogens is 266 g/mol. The molecule has 0 saturated heterocycles. The summed E-state index contributed by atoms with van der Waals surface area (Å²) in [5, 5.41) is 7.36. The van der Waals surface area contributed by atoms with Crippen LogP contribution in [0.25, 0.3) is 0 Å². The summed E-state index contributed by atoms with van der Waals surface area (Å²) in [4.78, 5) is 4.17. The van der Waals surface area contributed by atoms with E-state index >= 15 is 0 Å². The van der Waals surface area contributed by atoms with E-state index in [4.69, 9.17) is 11.6 Å². The summed E-state index contributed by atoms with van der Waals surface area (Å²) in [5.74, 6) is 1.92. The molecule has 0 saturated carbocycles. The van der Waals surface area contributed by atoms with Crippen molar-refractivity contribution in [3.8, 4) is 0 Å². The highest BCUT2D eigenvalue weighted by Crippen LogP contribution is 2.14. The fourth-order valence-corrected chi connectivity index (χ4v) is 2.05. The molecule has 0 radical (unpaired) electrons. The van der Waals surface area contributed by atoms with E-state index in [0.29, 0.717) is 0 Å². The Morgan fingerprint density at radius 1 is 1.28 bits per heavy atom. The van der Waals surface area contributed by atoms with Crippen molar-refractivity contribution in [3.05, 3.63) is 34.9 Å². The van der Waals surface area contributed by atoms with Crippen LogP contribution in [-0.2, 0) is 6.42 Å². The lowest BCUT2D eigenvalue weighted by Gasteiger charge is -2.11. The van der Waals surface area contributed by atoms with Crippen molar-refractivity contribution in [2.75, 3.05) is 32.1 Å². The molecule has 0 fully saturated rings. The summed E-state index contributed by atoms with van der Waals surface area (Å²) < 4.78 is 0. The van der Waals surface area contributed by atoms with E-state index in [1.807, 2.05) is 36.0 Å². The van der Waals surface area contributed by atoms with Crippen molar-refractivity contribution in [3.63, 3.8) is 0 Å². The van der Waals surface area contributed by atoms with E-state index in [1.165, 1.54) is 0 Å². The molecule has 0 spiro atoms. The molecule has 0 bridgehead atoms. The summed E-state index contributed by atoms with van der Waals surface area (Å²) in [7, 11) is 1.78. The normalized spacial score (nSPS) is 11.4. The minimum atomic E-state index is 0.822. The highest BCUT2D eigenvalue weighted by molar-refractivity contribution is 7.98. The van der Waals surface area contributed by atoms with Gasteiger partial charge in [0.25, 0.3) is 0 Å². The monoisotopic (exact) mass is 285 g/mol. The van der Waals surface area contributed by atoms with Gasteiger partial charge in [0.1, 0.15) is 0 Å². The van der Waals surface area contributed by atoms with Crippen LogP contribution in [0.15, 0.2) is 29.3 Å². The van der Waals surface area contributed by atoms with Gasteiger partial charge >= 0.3 is 0 Å². The van der Waals surface area contributed by atoms with Gasteiger partial charge in [-0.05, 0) is 24.3 Å². The van der Waals surface area contributed by atoms with E-state index in [-0.39, 0.29) is 0 Å². The molecule has 1 aromatic carbocycles. The number of hydrogen-bond acceptors (Lipinski definition) is 2. The Labute approximate surface area is 118 Å². The average Bonchev–Trinajstić information content (AvgIpc) is 2.39. The van der Waals surface area contributed by atoms with Gasteiger partial charge in [0, 0.05) is 30.9 Å². The second-order valence-electron chi connectivity index (χ2n) is 3.76. The molecule has 100 valence electrons. The number of aliphatic imine (C=N–C) groups is 1. The van der Waals surface area contributed by atoms with Gasteiger partial charge in [0.15, 0.2) is 5.96 Å². The summed E-state index contributed by atoms with van der Waals surface area (Å²) in [6.45, 7) is 1.75. The standard InChI is InChI=1S/C13H20ClN3S/c1-15-13(17-9-10-18-2)16-8-7-11-5-3-4-6-12(11)14/h3-6H,7-10H2,1-2H3,(H2,15,16,17). The number of benzene rings is 1. The van der Waals surface area contributed by atoms with Crippen LogP contribution >= 0.6 is 23.4 Å². The van der Waals surface area contributed by atoms with E-state index in [2.05, 4.69) is 21.9 Å². The second-order valence-corrected chi connectivity index (χ2v) is 5.15. The van der Waals surface area contributed by atoms with Crippen molar-refractivity contribution in [2.24, 2.45) is 4.99 Å². The molecular formula is C13H20ClN3S. The molecule has 0 atom stereocenters. The molecule has 1 rings (SSSR count). The van der Waals surface area contributed by atoms with Crippen LogP contribution in [0.4, 0.5) is 0 Å². The third kappa shape index (κ3) is 5.65. The third-order valence-corrected chi connectivity index (χ3v) is 3.45. The van der Waals surface area contributed by atoms with Crippen molar-refractivity contribution >= 4 is 29.3 Å². The first kappa shape index (κ1) is 15.2. The first-order valence-electron chi connectivity index (χ1n) is 5.94. The number of halogens is 1. The van der Waals surface area contributed by atoms with Crippen molar-refractivity contribution in [2.45, 2.75) is 6.42 Å². The maximum Gasteiger partial charge on any atom is 0.191 e. The molecule has 1 aromatic rings. The van der Waals surface area contributed by atoms with E-state index in [1.54, 1.807) is 7.05 Å². The fourth-order valence-electron chi connectivity index (χ4n) is 1.51. The summed E-state index contributed by atoms with van der Waals surface area (Å²) in [6, 6.07) is 7.92. The molecule has 3 nitrogen and oxygen atoms in total. The summed E-state index contributed by atoms with van der Waals surface area (Å²) >= 11 is 7.91. The first-order valence-corrected chi connectivity index (χ1v) is 7.72. The van der Waals surface area contributed by atoms with Crippen LogP contribution in [0.5, 0.6) is 0 Å². The number of guanidine groups is 1. The number of rotatable bonds is 6. The third-order valence-electron chi connectivity index (χ3n) is 2.47. The van der Waals surface area contributed by atoms with Gasteiger partial charge in [-0.15, -0.1) is 0 Å². The molecule has 0 aliphatic heterocycles. The molecule has 18 heavy (non-hydrogen) atoms. The Bertz CT molecular complexity index is 382. The SMILES string of the molecule is CN=C(NCCSC)NCCc1ccccc1Cl. The van der Waals surface area contributed by atoms with Crippen LogP contribution in [0.3, 0.4) is 0 Å². The maximum atomic E-state index is 6.10. The zero-order valence-corrected chi connectivity index (χ0v) is 12.4. The molecule has 0 unspecified atom stereocenters. The maximum absolute atomic E-state index is 6.10. The van der Waals surface area contributed by atoms with Crippen molar-refractivity contribution in [1.29, 1.82) is 0 Å². The smallest absolute Gasteiger partial charge is 0.191 e. The number of nitrogens with zero attached hydrogens (tertiary/aromatic N) is 1. The van der Waals surface area contributed by atoms with Crippen LogP contribution in [0, 0.1) is 0 Å². The van der Waals surface area contributed by atoms with Gasteiger partial charge in [-0.25, -0.2) is 0 Å². The molecule has 0 aliphatic rings. The predicted molar refractivity (Wildman–Crippen MR) is 82.9 cm³/mol. The summed E-state index contributed by atoms with van der Waals surface area (Å²) in [5.41, 5.74) is 1.16. The van der Waals surface area contributed by atoms with Crippen LogP contribution < -0.4 is 10.6 Å². The van der Waals surface area contributed by atoms with Gasteiger partial charge in [0.05, 0.1) is 0 Å². The molecule has 0 amide bonds. The first-order chi connectivity index (χ1) is 8.77. The van der Waals surface area contributed by atoms with Crippen LogP contribution in [-0.4, -0.2) is 38.1 Å². The molecule has 2 N–H and O–H groups in total. The lowest BCUT2D eigenvalue weighted by Crippen LogP contribution is -2.39. The Morgan fingerprint density at radius 3 is 2.67 bits per heavy atom. The predicted octanol–water partition coefficient (Wildman–Crippen LogP) is 2.41. The van der Waals surface area contributed by atoms with E-state index in [9.17, 15) is 0 Å². The largest absolute Gasteiger partial charge is 0.356 e. The number of hydrogen-bond donors (Lipinski definition) is 2. The molecule has 0 aromatic heterocycles. The Balaban J connectivity index is 2.30. The van der Waals surface area contributed by atoms with Gasteiger partial charge in [-0.3, -0.25) is 4.99 Å². The highest BCUT2D eigenvalue weighted by atomic mass is 35.5. The molecule has 5 heteroatoms. The van der Waals surface area contributed by atoms with Gasteiger partial charge < -0.3 is 10.6 Å². The van der Waals surface area contributed by atoms with Crippen LogP contribution in [0.1, 0.15) is 5.56 Å². The molecule has 0 aliphatic carbocycles. The topological polar surface area (TPSA) is 36.4 Å². The number of thioether (sulfide) groups is 1. The van der Waals surface area contributed by atoms with E-state index < -0.39 is 0 Å². The van der Waals surface area contributed by atoms with Crippen LogP contribution in [0.2, 0.25) is 5.02 Å². The summed E-state index contributed by atoms with van der Waals surface area (Å²) in [6.07, 6.45) is 2.98. The van der Waals surface area contributed by atoms with E-state index in [0.717, 1.165) is 41.8 Å². The van der Waals surface area contributed by atoms with Gasteiger partial charge in [-0.1, -0.05) is 29.8 Å². The Morgan fingerprint density at radius 2 is 2.00 bits per heavy atom. The van der Waals surface area contributed by atoms with Crippen molar-refractivity contribution < 1.29 is 0 Å². The zero-order valence-electron chi connectivity index (χ0n) is 10.9. The minimum absolute atomic E-state index is 0.822. The Hall–Kier alpha value is -0.870. The minimum Gasteiger partial charge on any atom is -0.356 e. The Kier molecular flexibility index (Phi) is 7.69. The van der Waals surface area contributed by atoms with Gasteiger partial charge in [0.2, 0.25) is 0 Å². The lowest BCUT2D eigenvalue weighted by atomic mass is 10.1. The zero-order chi connectivity index (χ0) is 13.2. The fraction of sp³-hybridized carbons (Fsp3) is 0.462. The van der Waals surface area contributed by atoms with Gasteiger partial charge in [-0.2, -0.15) is 11.8 Å². The van der Waals surface area contributed by atoms with Crippen molar-refractivity contribution in [1.82, 2.24) is 10.6 Å².